The van der Waals surface area contributed by atoms with Gasteiger partial charge in [-0.25, -0.2) is 9.59 Å². The minimum atomic E-state index is -1.57. The number of aromatic nitrogens is 2. The number of nitrogens with two attached hydrogens (primary N) is 1. The van der Waals surface area contributed by atoms with Gasteiger partial charge in [0.25, 0.3) is 0 Å². The molecule has 13 nitrogen and oxygen atoms in total. The third kappa shape index (κ3) is 6.31. The van der Waals surface area contributed by atoms with Crippen molar-refractivity contribution in [2.45, 2.75) is 38.0 Å². The quantitative estimate of drug-likeness (QED) is 0.303. The second kappa shape index (κ2) is 10.9. The number of nitrogens with one attached hydrogen (secondary N) is 2. The van der Waals surface area contributed by atoms with Gasteiger partial charge in [0.15, 0.2) is 23.4 Å². The summed E-state index contributed by atoms with van der Waals surface area (Å²) in [5, 5.41) is 26.9. The molecular formula is C19H25N5O8. The second-order valence-electron chi connectivity index (χ2n) is 6.78. The Kier molecular flexibility index (Phi) is 8.35. The maximum Gasteiger partial charge on any atom is 0.328 e. The van der Waals surface area contributed by atoms with Gasteiger partial charge in [0.2, 0.25) is 11.8 Å². The summed E-state index contributed by atoms with van der Waals surface area (Å²) in [6, 6.07) is 1.62. The van der Waals surface area contributed by atoms with Crippen LogP contribution in [0.5, 0.6) is 11.5 Å². The topological polar surface area (TPSA) is 199 Å². The van der Waals surface area contributed by atoms with E-state index >= 15 is 0 Å². The highest BCUT2D eigenvalue weighted by molar-refractivity contribution is 5.83. The van der Waals surface area contributed by atoms with Crippen LogP contribution in [0.2, 0.25) is 0 Å². The average Bonchev–Trinajstić information content (AvgIpc) is 3.19. The number of para-hydroxylation sites is 1. The lowest BCUT2D eigenvalue weighted by molar-refractivity contribution is -0.141. The van der Waals surface area contributed by atoms with E-state index in [4.69, 9.17) is 24.8 Å². The minimum absolute atomic E-state index is 0.111. The van der Waals surface area contributed by atoms with Crippen molar-refractivity contribution in [3.8, 4) is 11.5 Å². The molecule has 0 aliphatic heterocycles. The van der Waals surface area contributed by atoms with Gasteiger partial charge < -0.3 is 40.6 Å². The van der Waals surface area contributed by atoms with E-state index in [1.165, 1.54) is 21.1 Å². The highest BCUT2D eigenvalue weighted by atomic mass is 16.5. The number of amides is 3. The summed E-state index contributed by atoms with van der Waals surface area (Å²) in [7, 11) is 3.00. The van der Waals surface area contributed by atoms with Crippen LogP contribution in [-0.4, -0.2) is 64.6 Å². The lowest BCUT2D eigenvalue weighted by Crippen LogP contribution is -2.52. The predicted octanol–water partition coefficient (Wildman–Crippen LogP) is -0.273. The van der Waals surface area contributed by atoms with E-state index in [1.54, 1.807) is 18.2 Å². The molecule has 1 aromatic carbocycles. The molecule has 0 fully saturated rings. The fraction of sp³-hybridized carbons (Fsp3) is 0.421. The smallest absolute Gasteiger partial charge is 0.328 e. The molecule has 1 heterocycles. The minimum Gasteiger partial charge on any atom is -0.493 e. The molecule has 1 aromatic heterocycles. The van der Waals surface area contributed by atoms with Gasteiger partial charge in [0.1, 0.15) is 6.04 Å². The summed E-state index contributed by atoms with van der Waals surface area (Å²) in [5.41, 5.74) is 5.95. The summed E-state index contributed by atoms with van der Waals surface area (Å²) >= 11 is 0. The first-order chi connectivity index (χ1) is 15.2. The number of aliphatic hydroxyl groups is 1. The zero-order chi connectivity index (χ0) is 23.8. The Morgan fingerprint density at radius 3 is 2.50 bits per heavy atom. The van der Waals surface area contributed by atoms with Crippen LogP contribution in [0.3, 0.4) is 0 Å². The molecule has 3 atom stereocenters. The van der Waals surface area contributed by atoms with Crippen LogP contribution in [-0.2, 0) is 16.0 Å². The molecule has 0 saturated heterocycles. The van der Waals surface area contributed by atoms with Crippen LogP contribution >= 0.6 is 0 Å². The predicted molar refractivity (Wildman–Crippen MR) is 108 cm³/mol. The van der Waals surface area contributed by atoms with Gasteiger partial charge in [-0.1, -0.05) is 17.3 Å². The molecule has 6 N–H and O–H groups in total. The SMILES string of the molecule is COc1cccc(Cc2noc([C@H](CC(N)=O)NC(=O)N[C@@H](C(=O)O)C(C)O)n2)c1OC. The first-order valence-corrected chi connectivity index (χ1v) is 9.44. The molecule has 1 unspecified atom stereocenters. The summed E-state index contributed by atoms with van der Waals surface area (Å²) in [5.74, 6) is -1.07. The number of aliphatic hydroxyl groups excluding tert-OH is 1. The van der Waals surface area contributed by atoms with E-state index in [1.807, 2.05) is 0 Å². The number of carbonyl (C=O) groups is 3. The third-order valence-electron chi connectivity index (χ3n) is 4.36. The number of hydrogen-bond donors (Lipinski definition) is 5. The number of carbonyl (C=O) groups excluding carboxylic acids is 2. The fourth-order valence-corrected chi connectivity index (χ4v) is 2.88. The Morgan fingerprint density at radius 1 is 1.22 bits per heavy atom. The molecule has 0 aliphatic rings. The number of methoxy groups -OCH3 is 2. The second-order valence-corrected chi connectivity index (χ2v) is 6.78. The van der Waals surface area contributed by atoms with Crippen molar-refractivity contribution in [3.63, 3.8) is 0 Å². The van der Waals surface area contributed by atoms with E-state index in [2.05, 4.69) is 20.8 Å². The van der Waals surface area contributed by atoms with Crippen molar-refractivity contribution in [2.75, 3.05) is 14.2 Å². The zero-order valence-electron chi connectivity index (χ0n) is 17.7. The van der Waals surface area contributed by atoms with Crippen molar-refractivity contribution in [2.24, 2.45) is 5.73 Å². The summed E-state index contributed by atoms with van der Waals surface area (Å²) < 4.78 is 15.8. The Labute approximate surface area is 182 Å². The molecule has 174 valence electrons. The Balaban J connectivity index is 2.19. The molecule has 0 spiro atoms. The number of benzene rings is 1. The number of rotatable bonds is 11. The monoisotopic (exact) mass is 451 g/mol. The first kappa shape index (κ1) is 24.4. The molecule has 13 heteroatoms. The third-order valence-corrected chi connectivity index (χ3v) is 4.36. The van der Waals surface area contributed by atoms with Crippen molar-refractivity contribution in [1.29, 1.82) is 0 Å². The van der Waals surface area contributed by atoms with Crippen LogP contribution in [0.4, 0.5) is 4.79 Å². The molecule has 2 rings (SSSR count). The van der Waals surface area contributed by atoms with Gasteiger partial charge in [0.05, 0.1) is 26.7 Å². The van der Waals surface area contributed by atoms with Gasteiger partial charge >= 0.3 is 12.0 Å². The Bertz CT molecular complexity index is 961. The van der Waals surface area contributed by atoms with E-state index in [0.717, 1.165) is 0 Å². The summed E-state index contributed by atoms with van der Waals surface area (Å²) in [6.07, 6.45) is -1.55. The number of ether oxygens (including phenoxy) is 2. The van der Waals surface area contributed by atoms with Crippen molar-refractivity contribution in [3.05, 3.63) is 35.5 Å². The van der Waals surface area contributed by atoms with Gasteiger partial charge in [-0.3, -0.25) is 4.79 Å². The van der Waals surface area contributed by atoms with Crippen LogP contribution < -0.4 is 25.8 Å². The lowest BCUT2D eigenvalue weighted by atomic mass is 10.1. The molecular weight excluding hydrogens is 426 g/mol. The molecule has 0 aliphatic carbocycles. The average molecular weight is 451 g/mol. The van der Waals surface area contributed by atoms with E-state index in [9.17, 15) is 19.5 Å². The van der Waals surface area contributed by atoms with Gasteiger partial charge in [-0.2, -0.15) is 4.98 Å². The van der Waals surface area contributed by atoms with Gasteiger partial charge in [-0.15, -0.1) is 0 Å². The summed E-state index contributed by atoms with van der Waals surface area (Å²) in [4.78, 5) is 39.0. The molecule has 2 aromatic rings. The van der Waals surface area contributed by atoms with Crippen molar-refractivity contribution < 1.29 is 38.6 Å². The number of nitrogens with zero attached hydrogens (tertiary/aromatic N) is 2. The van der Waals surface area contributed by atoms with Crippen molar-refractivity contribution in [1.82, 2.24) is 20.8 Å². The number of primary amides is 1. The summed E-state index contributed by atoms with van der Waals surface area (Å²) in [6.45, 7) is 1.21. The largest absolute Gasteiger partial charge is 0.493 e. The zero-order valence-corrected chi connectivity index (χ0v) is 17.7. The van der Waals surface area contributed by atoms with Gasteiger partial charge in [-0.05, 0) is 13.0 Å². The Hall–Kier alpha value is -3.87. The van der Waals surface area contributed by atoms with Crippen LogP contribution in [0, 0.1) is 0 Å². The number of aliphatic carboxylic acids is 1. The van der Waals surface area contributed by atoms with Gasteiger partial charge in [0, 0.05) is 12.0 Å². The lowest BCUT2D eigenvalue weighted by Gasteiger charge is -2.19. The maximum absolute atomic E-state index is 12.2. The molecule has 32 heavy (non-hydrogen) atoms. The number of urea groups is 1. The molecule has 3 amide bonds. The van der Waals surface area contributed by atoms with E-state index in [-0.39, 0.29) is 24.6 Å². The number of hydrogen-bond acceptors (Lipinski definition) is 9. The molecule has 0 radical (unpaired) electrons. The normalized spacial score (nSPS) is 13.5. The first-order valence-electron chi connectivity index (χ1n) is 9.44. The number of carboxylic acids is 1. The van der Waals surface area contributed by atoms with Crippen molar-refractivity contribution >= 4 is 17.9 Å². The maximum atomic E-state index is 12.2. The fourth-order valence-electron chi connectivity index (χ4n) is 2.88. The highest BCUT2D eigenvalue weighted by Gasteiger charge is 2.28. The highest BCUT2D eigenvalue weighted by Crippen LogP contribution is 2.31. The Morgan fingerprint density at radius 2 is 1.94 bits per heavy atom. The van der Waals surface area contributed by atoms with Crippen LogP contribution in [0.25, 0.3) is 0 Å². The van der Waals surface area contributed by atoms with E-state index < -0.39 is 36.1 Å². The number of carboxylic acid groups (broad SMARTS) is 1. The molecule has 0 bridgehead atoms. The van der Waals surface area contributed by atoms with Crippen LogP contribution in [0.1, 0.15) is 36.7 Å². The standard InChI is InChI=1S/C19H25N5O8/c1-9(25)15(18(27)28)23-19(29)21-11(8-13(20)26)17-22-14(24-32-17)7-10-5-4-6-12(30-2)16(10)31-3/h4-6,9,11,15,25H,7-8H2,1-3H3,(H2,20,26)(H,27,28)(H2,21,23,29)/t9?,11-,15+/m0/s1. The van der Waals surface area contributed by atoms with Crippen LogP contribution in [0.15, 0.2) is 22.7 Å². The molecule has 0 saturated carbocycles. The van der Waals surface area contributed by atoms with E-state index in [0.29, 0.717) is 17.1 Å².